The Labute approximate surface area is 103 Å². The van der Waals surface area contributed by atoms with E-state index in [1.807, 2.05) is 42.1 Å². The second kappa shape index (κ2) is 6.66. The molecule has 0 saturated heterocycles. The lowest BCUT2D eigenvalue weighted by Crippen LogP contribution is -2.37. The van der Waals surface area contributed by atoms with Gasteiger partial charge < -0.3 is 9.29 Å². The number of ether oxygens (including phenoxy) is 1. The summed E-state index contributed by atoms with van der Waals surface area (Å²) >= 11 is 0. The summed E-state index contributed by atoms with van der Waals surface area (Å²) in [6.45, 7) is 2.00. The number of hydrogen-bond acceptors (Lipinski definition) is 4. The first kappa shape index (κ1) is 16.8. The van der Waals surface area contributed by atoms with Crippen molar-refractivity contribution in [2.45, 2.75) is 18.7 Å². The molecule has 1 aromatic heterocycles. The van der Waals surface area contributed by atoms with Gasteiger partial charge in [0.15, 0.2) is 22.5 Å². The van der Waals surface area contributed by atoms with Crippen LogP contribution in [0.2, 0.25) is 0 Å². The van der Waals surface area contributed by atoms with E-state index in [1.54, 1.807) is 7.11 Å². The van der Waals surface area contributed by atoms with Gasteiger partial charge in [0, 0.05) is 26.2 Å². The third-order valence-corrected chi connectivity index (χ3v) is 2.35. The van der Waals surface area contributed by atoms with Crippen molar-refractivity contribution in [1.29, 1.82) is 0 Å². The SMILES string of the molecule is COC(C)[n+]1ccccc1.O=S(=O)([O-])C(F)(F)F. The summed E-state index contributed by atoms with van der Waals surface area (Å²) < 4.78 is 66.0. The molecule has 1 unspecified atom stereocenters. The van der Waals surface area contributed by atoms with Crippen molar-refractivity contribution in [2.75, 3.05) is 7.11 Å². The van der Waals surface area contributed by atoms with Crippen LogP contribution < -0.4 is 4.57 Å². The highest BCUT2D eigenvalue weighted by Crippen LogP contribution is 2.20. The fourth-order valence-electron chi connectivity index (χ4n) is 0.776. The molecule has 0 N–H and O–H groups in total. The molecule has 1 rings (SSSR count). The van der Waals surface area contributed by atoms with Crippen LogP contribution >= 0.6 is 0 Å². The van der Waals surface area contributed by atoms with Crippen LogP contribution in [0.5, 0.6) is 0 Å². The summed E-state index contributed by atoms with van der Waals surface area (Å²) in [4.78, 5) is 0. The molecule has 0 saturated carbocycles. The minimum absolute atomic E-state index is 0.126. The molecule has 0 aliphatic heterocycles. The van der Waals surface area contributed by atoms with Crippen LogP contribution in [0.25, 0.3) is 0 Å². The van der Waals surface area contributed by atoms with Crippen molar-refractivity contribution in [3.05, 3.63) is 30.6 Å². The van der Waals surface area contributed by atoms with Gasteiger partial charge in [0.25, 0.3) is 6.23 Å². The van der Waals surface area contributed by atoms with Gasteiger partial charge in [0.1, 0.15) is 0 Å². The number of rotatable bonds is 2. The van der Waals surface area contributed by atoms with Gasteiger partial charge in [-0.1, -0.05) is 6.07 Å². The molecular weight excluding hydrogens is 275 g/mol. The van der Waals surface area contributed by atoms with Crippen LogP contribution in [0.15, 0.2) is 30.6 Å². The zero-order valence-corrected chi connectivity index (χ0v) is 10.4. The van der Waals surface area contributed by atoms with Crippen molar-refractivity contribution < 1.29 is 35.4 Å². The summed E-state index contributed by atoms with van der Waals surface area (Å²) in [6.07, 6.45) is 4.09. The second-order valence-electron chi connectivity index (χ2n) is 3.06. The van der Waals surface area contributed by atoms with Gasteiger partial charge in [-0.3, -0.25) is 0 Å². The average Bonchev–Trinajstić information content (AvgIpc) is 2.27. The van der Waals surface area contributed by atoms with Crippen LogP contribution in [0.3, 0.4) is 0 Å². The number of halogens is 3. The smallest absolute Gasteiger partial charge is 0.485 e. The van der Waals surface area contributed by atoms with Gasteiger partial charge in [-0.15, -0.1) is 0 Å². The van der Waals surface area contributed by atoms with E-state index < -0.39 is 15.6 Å². The van der Waals surface area contributed by atoms with Gasteiger partial charge in [-0.25, -0.2) is 8.42 Å². The lowest BCUT2D eigenvalue weighted by atomic mass is 10.5. The molecule has 0 aromatic carbocycles. The van der Waals surface area contributed by atoms with E-state index >= 15 is 0 Å². The van der Waals surface area contributed by atoms with E-state index in [0.717, 1.165) is 0 Å². The third kappa shape index (κ3) is 5.94. The van der Waals surface area contributed by atoms with Crippen molar-refractivity contribution in [3.63, 3.8) is 0 Å². The fraction of sp³-hybridized carbons (Fsp3) is 0.444. The van der Waals surface area contributed by atoms with Gasteiger partial charge in [-0.2, -0.15) is 17.7 Å². The first-order valence-corrected chi connectivity index (χ1v) is 6.01. The van der Waals surface area contributed by atoms with Gasteiger partial charge >= 0.3 is 5.51 Å². The Balaban J connectivity index is 0.000000331. The monoisotopic (exact) mass is 287 g/mol. The molecule has 1 aromatic rings. The quantitative estimate of drug-likeness (QED) is 0.465. The van der Waals surface area contributed by atoms with Crippen LogP contribution in [0.4, 0.5) is 13.2 Å². The molecule has 0 amide bonds. The van der Waals surface area contributed by atoms with Crippen LogP contribution in [-0.2, 0) is 14.9 Å². The van der Waals surface area contributed by atoms with E-state index in [-0.39, 0.29) is 6.23 Å². The Morgan fingerprint density at radius 2 is 1.61 bits per heavy atom. The molecule has 0 radical (unpaired) electrons. The molecule has 0 aliphatic carbocycles. The zero-order valence-electron chi connectivity index (χ0n) is 9.59. The minimum atomic E-state index is -6.09. The minimum Gasteiger partial charge on any atom is -0.741 e. The molecule has 0 bridgehead atoms. The summed E-state index contributed by atoms with van der Waals surface area (Å²) in [5.74, 6) is 0. The maximum Gasteiger partial charge on any atom is 0.485 e. The molecule has 18 heavy (non-hydrogen) atoms. The van der Waals surface area contributed by atoms with Gasteiger partial charge in [0.2, 0.25) is 0 Å². The predicted octanol–water partition coefficient (Wildman–Crippen LogP) is 1.19. The predicted molar refractivity (Wildman–Crippen MR) is 54.1 cm³/mol. The molecule has 5 nitrogen and oxygen atoms in total. The molecule has 0 aliphatic rings. The summed E-state index contributed by atoms with van der Waals surface area (Å²) in [5, 5.41) is 0. The molecule has 1 heterocycles. The summed E-state index contributed by atoms with van der Waals surface area (Å²) in [5.41, 5.74) is -5.65. The fourth-order valence-corrected chi connectivity index (χ4v) is 0.776. The van der Waals surface area contributed by atoms with Gasteiger partial charge in [-0.05, 0) is 0 Å². The standard InChI is InChI=1S/C8H12NO.CHF3O3S/c1-8(10-2)9-6-4-3-5-7-9;2-1(3,4)8(5,6)7/h3-8H,1-2H3;(H,5,6,7)/q+1;/p-1. The molecule has 0 spiro atoms. The highest BCUT2D eigenvalue weighted by atomic mass is 32.2. The van der Waals surface area contributed by atoms with Crippen LogP contribution in [0, 0.1) is 0 Å². The average molecular weight is 287 g/mol. The number of pyridine rings is 1. The highest BCUT2D eigenvalue weighted by molar-refractivity contribution is 7.86. The molecule has 0 fully saturated rings. The lowest BCUT2D eigenvalue weighted by Gasteiger charge is -2.08. The van der Waals surface area contributed by atoms with Crippen LogP contribution in [-0.4, -0.2) is 25.6 Å². The maximum atomic E-state index is 10.7. The third-order valence-electron chi connectivity index (χ3n) is 1.78. The largest absolute Gasteiger partial charge is 0.741 e. The Morgan fingerprint density at radius 3 is 1.89 bits per heavy atom. The van der Waals surface area contributed by atoms with Crippen molar-refractivity contribution in [2.24, 2.45) is 0 Å². The normalized spacial score (nSPS) is 13.4. The first-order valence-electron chi connectivity index (χ1n) is 4.60. The Bertz CT molecular complexity index is 447. The van der Waals surface area contributed by atoms with E-state index in [2.05, 4.69) is 0 Å². The highest BCUT2D eigenvalue weighted by Gasteiger charge is 2.36. The maximum absolute atomic E-state index is 10.7. The Kier molecular flexibility index (Phi) is 6.22. The number of hydrogen-bond donors (Lipinski definition) is 0. The van der Waals surface area contributed by atoms with Gasteiger partial charge in [0.05, 0.1) is 0 Å². The summed E-state index contributed by atoms with van der Waals surface area (Å²) in [6, 6.07) is 5.95. The Morgan fingerprint density at radius 1 is 1.22 bits per heavy atom. The number of alkyl halides is 3. The van der Waals surface area contributed by atoms with Crippen molar-refractivity contribution in [1.82, 2.24) is 0 Å². The number of aromatic nitrogens is 1. The topological polar surface area (TPSA) is 70.3 Å². The lowest BCUT2D eigenvalue weighted by molar-refractivity contribution is -0.757. The van der Waals surface area contributed by atoms with Crippen molar-refractivity contribution in [3.8, 4) is 0 Å². The van der Waals surface area contributed by atoms with E-state index in [4.69, 9.17) is 17.7 Å². The van der Waals surface area contributed by atoms with E-state index in [0.29, 0.717) is 0 Å². The van der Waals surface area contributed by atoms with E-state index in [9.17, 15) is 13.2 Å². The molecule has 104 valence electrons. The number of methoxy groups -OCH3 is 1. The number of nitrogens with zero attached hydrogens (tertiary/aromatic N) is 1. The molecule has 1 atom stereocenters. The Hall–Kier alpha value is -1.19. The van der Waals surface area contributed by atoms with Crippen LogP contribution in [0.1, 0.15) is 13.2 Å². The zero-order chi connectivity index (χ0) is 14.4. The van der Waals surface area contributed by atoms with E-state index in [1.165, 1.54) is 0 Å². The first-order chi connectivity index (χ1) is 8.09. The van der Waals surface area contributed by atoms with Crippen molar-refractivity contribution >= 4 is 10.1 Å². The molecular formula is C9H12F3NO4S. The molecule has 9 heteroatoms. The summed E-state index contributed by atoms with van der Waals surface area (Å²) in [7, 11) is -4.39. The second-order valence-corrected chi connectivity index (χ2v) is 4.43.